The zero-order valence-corrected chi connectivity index (χ0v) is 17.7. The van der Waals surface area contributed by atoms with Gasteiger partial charge in [0.2, 0.25) is 0 Å². The second-order valence-electron chi connectivity index (χ2n) is 8.20. The normalized spacial score (nSPS) is 19.2. The quantitative estimate of drug-likeness (QED) is 0.326. The molecule has 2 N–H and O–H groups in total. The number of allylic oxidation sites excluding steroid dienone is 1. The fraction of sp³-hybridized carbons (Fsp3) is 0.154. The molecule has 0 aromatic heterocycles. The second kappa shape index (κ2) is 8.35. The number of Topliss-reactive ketones (excluding diaryl/α,β-unsaturated/α-hetero) is 1. The van der Waals surface area contributed by atoms with Gasteiger partial charge < -0.3 is 10.6 Å². The van der Waals surface area contributed by atoms with Gasteiger partial charge >= 0.3 is 0 Å². The Morgan fingerprint density at radius 2 is 1.76 bits per heavy atom. The molecule has 1 aliphatic carbocycles. The highest BCUT2D eigenvalue weighted by Crippen LogP contribution is 2.42. The average molecular weight is 439 g/mol. The van der Waals surface area contributed by atoms with Crippen LogP contribution in [0.3, 0.4) is 0 Å². The number of nitrogens with zero attached hydrogens (tertiary/aromatic N) is 1. The largest absolute Gasteiger partial charge is 0.375 e. The first-order valence-electron chi connectivity index (χ1n) is 10.8. The summed E-state index contributed by atoms with van der Waals surface area (Å²) in [7, 11) is 0. The van der Waals surface area contributed by atoms with Crippen LogP contribution in [0.5, 0.6) is 0 Å². The summed E-state index contributed by atoms with van der Waals surface area (Å²) in [4.78, 5) is 36.9. The van der Waals surface area contributed by atoms with E-state index >= 15 is 0 Å². The maximum absolute atomic E-state index is 13.0. The summed E-state index contributed by atoms with van der Waals surface area (Å²) in [6.07, 6.45) is 3.06. The Morgan fingerprint density at radius 1 is 0.939 bits per heavy atom. The van der Waals surface area contributed by atoms with E-state index in [0.717, 1.165) is 11.4 Å². The van der Waals surface area contributed by atoms with E-state index in [2.05, 4.69) is 10.6 Å². The molecule has 0 saturated heterocycles. The van der Waals surface area contributed by atoms with Gasteiger partial charge in [0, 0.05) is 35.4 Å². The van der Waals surface area contributed by atoms with Crippen molar-refractivity contribution in [3.8, 4) is 0 Å². The number of hydrogen-bond donors (Lipinski definition) is 2. The van der Waals surface area contributed by atoms with Gasteiger partial charge in [-0.3, -0.25) is 19.7 Å². The summed E-state index contributed by atoms with van der Waals surface area (Å²) in [5.74, 6) is -0.553. The fourth-order valence-electron chi connectivity index (χ4n) is 4.50. The zero-order valence-electron chi connectivity index (χ0n) is 17.7. The lowest BCUT2D eigenvalue weighted by Gasteiger charge is -2.29. The van der Waals surface area contributed by atoms with E-state index in [1.54, 1.807) is 36.4 Å². The molecule has 0 radical (unpaired) electrons. The van der Waals surface area contributed by atoms with Crippen molar-refractivity contribution in [1.82, 2.24) is 0 Å². The lowest BCUT2D eigenvalue weighted by molar-refractivity contribution is -0.384. The highest BCUT2D eigenvalue weighted by Gasteiger charge is 2.37. The number of benzene rings is 3. The third-order valence-electron chi connectivity index (χ3n) is 6.12. The molecule has 7 nitrogen and oxygen atoms in total. The Hall–Kier alpha value is -4.26. The van der Waals surface area contributed by atoms with E-state index in [4.69, 9.17) is 0 Å². The van der Waals surface area contributed by atoms with Crippen LogP contribution in [0.15, 0.2) is 84.6 Å². The first kappa shape index (κ1) is 20.6. The van der Waals surface area contributed by atoms with Crippen LogP contribution in [0.1, 0.15) is 40.4 Å². The summed E-state index contributed by atoms with van der Waals surface area (Å²) in [5, 5.41) is 18.1. The zero-order chi connectivity index (χ0) is 22.9. The van der Waals surface area contributed by atoms with Gasteiger partial charge in [-0.15, -0.1) is 0 Å². The molecule has 164 valence electrons. The smallest absolute Gasteiger partial charge is 0.269 e. The summed E-state index contributed by atoms with van der Waals surface area (Å²) in [5.41, 5.74) is 3.89. The Bertz CT molecular complexity index is 1300. The number of rotatable bonds is 4. The molecule has 0 saturated carbocycles. The topological polar surface area (TPSA) is 101 Å². The van der Waals surface area contributed by atoms with Crippen molar-refractivity contribution in [3.05, 3.63) is 111 Å². The van der Waals surface area contributed by atoms with Crippen molar-refractivity contribution in [2.24, 2.45) is 5.92 Å². The van der Waals surface area contributed by atoms with Crippen LogP contribution >= 0.6 is 0 Å². The van der Waals surface area contributed by atoms with Crippen LogP contribution < -0.4 is 10.6 Å². The Kier molecular flexibility index (Phi) is 5.22. The molecule has 0 bridgehead atoms. The predicted octanol–water partition coefficient (Wildman–Crippen LogP) is 5.27. The van der Waals surface area contributed by atoms with Crippen LogP contribution in [-0.4, -0.2) is 16.5 Å². The third-order valence-corrected chi connectivity index (χ3v) is 6.12. The maximum Gasteiger partial charge on any atom is 0.269 e. The number of nitrogens with one attached hydrogen (secondary N) is 2. The molecule has 2 atom stereocenters. The highest BCUT2D eigenvalue weighted by molar-refractivity contribution is 6.10. The van der Waals surface area contributed by atoms with Gasteiger partial charge in [0.05, 0.1) is 28.3 Å². The van der Waals surface area contributed by atoms with Crippen molar-refractivity contribution >= 4 is 28.6 Å². The van der Waals surface area contributed by atoms with Gasteiger partial charge in [0.15, 0.2) is 5.78 Å². The Balaban J connectivity index is 1.59. The van der Waals surface area contributed by atoms with E-state index in [1.165, 1.54) is 12.1 Å². The summed E-state index contributed by atoms with van der Waals surface area (Å²) < 4.78 is 0. The van der Waals surface area contributed by atoms with E-state index in [-0.39, 0.29) is 17.3 Å². The molecule has 1 aliphatic heterocycles. The van der Waals surface area contributed by atoms with Gasteiger partial charge in [-0.05, 0) is 30.2 Å². The molecular weight excluding hydrogens is 418 g/mol. The minimum atomic E-state index is -0.514. The van der Waals surface area contributed by atoms with Crippen molar-refractivity contribution < 1.29 is 14.5 Å². The number of nitro benzene ring substituents is 1. The molecule has 5 rings (SSSR count). The highest BCUT2D eigenvalue weighted by atomic mass is 16.6. The number of hydrogen-bond acceptors (Lipinski definition) is 6. The summed E-state index contributed by atoms with van der Waals surface area (Å²) >= 11 is 0. The minimum Gasteiger partial charge on any atom is -0.375 e. The molecule has 1 heterocycles. The molecule has 7 heteroatoms. The molecule has 2 unspecified atom stereocenters. The van der Waals surface area contributed by atoms with E-state index < -0.39 is 16.9 Å². The molecular formula is C26H21N3O4. The summed E-state index contributed by atoms with van der Waals surface area (Å²) in [6, 6.07) is 20.2. The fourth-order valence-corrected chi connectivity index (χ4v) is 4.50. The van der Waals surface area contributed by atoms with Crippen LogP contribution in [0.2, 0.25) is 0 Å². The number of nitro groups is 1. The van der Waals surface area contributed by atoms with Gasteiger partial charge in [-0.1, -0.05) is 48.5 Å². The maximum atomic E-state index is 13.0. The van der Waals surface area contributed by atoms with Gasteiger partial charge in [0.1, 0.15) is 5.78 Å². The van der Waals surface area contributed by atoms with Crippen molar-refractivity contribution in [2.45, 2.75) is 18.9 Å². The van der Waals surface area contributed by atoms with E-state index in [9.17, 15) is 19.7 Å². The monoisotopic (exact) mass is 439 g/mol. The molecule has 3 aromatic rings. The van der Waals surface area contributed by atoms with Crippen molar-refractivity contribution in [2.75, 3.05) is 10.6 Å². The Labute approximate surface area is 190 Å². The number of fused-ring (bicyclic) bond motifs is 2. The minimum absolute atomic E-state index is 0.0338. The first-order chi connectivity index (χ1) is 16.0. The number of carbonyl (C=O) groups is 2. The molecule has 0 fully saturated rings. The van der Waals surface area contributed by atoms with Crippen LogP contribution in [0.4, 0.5) is 17.1 Å². The van der Waals surface area contributed by atoms with Crippen LogP contribution in [-0.2, 0) is 4.79 Å². The Morgan fingerprint density at radius 3 is 2.55 bits per heavy atom. The lowest BCUT2D eigenvalue weighted by Crippen LogP contribution is -2.31. The molecule has 0 amide bonds. The van der Waals surface area contributed by atoms with E-state index in [1.807, 2.05) is 30.3 Å². The molecule has 3 aromatic carbocycles. The van der Waals surface area contributed by atoms with Gasteiger partial charge in [-0.2, -0.15) is 0 Å². The standard InChI is InChI=1S/C26H21N3O4/c30-23-11-5-10-21-24(23)25(17-8-4-9-19(14-17)29(32)33)28-22-15-18(12-13-20(22)27-21)26(31)16-6-2-1-3-7-16/h1-4,6-10,12-15,24-25,27-28H,5,11H2. The van der Waals surface area contributed by atoms with Crippen molar-refractivity contribution in [3.63, 3.8) is 0 Å². The number of non-ortho nitro benzene ring substituents is 1. The van der Waals surface area contributed by atoms with Gasteiger partial charge in [-0.25, -0.2) is 0 Å². The van der Waals surface area contributed by atoms with E-state index in [0.29, 0.717) is 35.2 Å². The number of ketones is 2. The van der Waals surface area contributed by atoms with Gasteiger partial charge in [0.25, 0.3) is 5.69 Å². The van der Waals surface area contributed by atoms with Crippen LogP contribution in [0.25, 0.3) is 0 Å². The predicted molar refractivity (Wildman–Crippen MR) is 125 cm³/mol. The molecule has 0 spiro atoms. The third kappa shape index (κ3) is 3.89. The first-order valence-corrected chi connectivity index (χ1v) is 10.8. The SMILES string of the molecule is O=C(c1ccccc1)c1ccc2c(c1)NC(c1cccc([N+](=O)[O-])c1)C1C(=O)CCC=C1N2. The molecule has 33 heavy (non-hydrogen) atoms. The second-order valence-corrected chi connectivity index (χ2v) is 8.20. The average Bonchev–Trinajstić information content (AvgIpc) is 3.01. The lowest BCUT2D eigenvalue weighted by atomic mass is 9.82. The number of carbonyl (C=O) groups excluding carboxylic acids is 2. The molecule has 2 aliphatic rings. The van der Waals surface area contributed by atoms with Crippen LogP contribution in [0, 0.1) is 16.0 Å². The van der Waals surface area contributed by atoms with Crippen molar-refractivity contribution in [1.29, 1.82) is 0 Å². The number of anilines is 2. The summed E-state index contributed by atoms with van der Waals surface area (Å²) in [6.45, 7) is 0.